The molecule has 0 bridgehead atoms. The van der Waals surface area contributed by atoms with Crippen LogP contribution in [0.25, 0.3) is 33.3 Å². The lowest BCUT2D eigenvalue weighted by atomic mass is 9.99. The number of alkyl halides is 3. The summed E-state index contributed by atoms with van der Waals surface area (Å²) in [6.45, 7) is 4.00. The Labute approximate surface area is 218 Å². The van der Waals surface area contributed by atoms with Crippen LogP contribution in [0.5, 0.6) is 5.75 Å². The minimum atomic E-state index is -4.37. The van der Waals surface area contributed by atoms with Crippen LogP contribution in [0, 0.1) is 0 Å². The maximum Gasteiger partial charge on any atom is 0.417 e. The van der Waals surface area contributed by atoms with Crippen molar-refractivity contribution in [3.05, 3.63) is 116 Å². The molecule has 0 unspecified atom stereocenters. The lowest BCUT2D eigenvalue weighted by Gasteiger charge is -2.13. The summed E-state index contributed by atoms with van der Waals surface area (Å²) in [6, 6.07) is 21.0. The van der Waals surface area contributed by atoms with E-state index in [0.717, 1.165) is 28.5 Å². The zero-order chi connectivity index (χ0) is 27.1. The fourth-order valence-electron chi connectivity index (χ4n) is 4.19. The average Bonchev–Trinajstić information content (AvgIpc) is 3.64. The molecule has 0 atom stereocenters. The van der Waals surface area contributed by atoms with Gasteiger partial charge < -0.3 is 13.5 Å². The minimum Gasteiger partial charge on any atom is -0.496 e. The highest BCUT2D eigenvalue weighted by Gasteiger charge is 2.33. The summed E-state index contributed by atoms with van der Waals surface area (Å²) in [5, 5.41) is 0. The minimum absolute atomic E-state index is 0.168. The van der Waals surface area contributed by atoms with Crippen molar-refractivity contribution in [3.8, 4) is 28.0 Å². The van der Waals surface area contributed by atoms with Crippen molar-refractivity contribution in [2.24, 2.45) is 0 Å². The van der Waals surface area contributed by atoms with Crippen molar-refractivity contribution in [3.63, 3.8) is 0 Å². The van der Waals surface area contributed by atoms with Crippen molar-refractivity contribution in [2.75, 3.05) is 7.11 Å². The van der Waals surface area contributed by atoms with Crippen LogP contribution in [0.2, 0.25) is 0 Å². The average molecular weight is 517 g/mol. The lowest BCUT2D eigenvalue weighted by molar-refractivity contribution is -0.137. The van der Waals surface area contributed by atoms with Gasteiger partial charge in [-0.1, -0.05) is 62.4 Å². The topological polar surface area (TPSA) is 43.8 Å². The van der Waals surface area contributed by atoms with Crippen molar-refractivity contribution in [2.45, 2.75) is 20.0 Å². The largest absolute Gasteiger partial charge is 0.496 e. The standard InChI is InChI=1S/C14H9F3N2.C14H12N2O.C2H6/c15-14(16,17)12-6-2-1-4-10(12)11-5-3-7-19-9-18-8-13(11)19;1-17-14-7-3-2-5-12(14)11-6-4-8-16-10-15-9-13(11)16;1-2/h1-9H;2-10H,1H3;1-2H3. The summed E-state index contributed by atoms with van der Waals surface area (Å²) in [5.74, 6) is 0.877. The molecular weight excluding hydrogens is 489 g/mol. The van der Waals surface area contributed by atoms with Crippen LogP contribution in [0.1, 0.15) is 19.4 Å². The zero-order valence-electron chi connectivity index (χ0n) is 21.2. The summed E-state index contributed by atoms with van der Waals surface area (Å²) in [4.78, 5) is 8.13. The van der Waals surface area contributed by atoms with E-state index in [9.17, 15) is 13.2 Å². The molecule has 8 heteroatoms. The Hall–Kier alpha value is -4.59. The number of fused-ring (bicyclic) bond motifs is 2. The smallest absolute Gasteiger partial charge is 0.417 e. The molecule has 38 heavy (non-hydrogen) atoms. The second-order valence-corrected chi connectivity index (χ2v) is 7.96. The van der Waals surface area contributed by atoms with Gasteiger partial charge in [-0.25, -0.2) is 9.97 Å². The van der Waals surface area contributed by atoms with Crippen molar-refractivity contribution < 1.29 is 17.9 Å². The van der Waals surface area contributed by atoms with E-state index in [0.29, 0.717) is 11.1 Å². The number of hydrogen-bond acceptors (Lipinski definition) is 3. The number of methoxy groups -OCH3 is 1. The number of imidazole rings is 2. The monoisotopic (exact) mass is 516 g/mol. The van der Waals surface area contributed by atoms with Crippen LogP contribution in [0.3, 0.4) is 0 Å². The summed E-state index contributed by atoms with van der Waals surface area (Å²) in [6.07, 6.45) is 6.15. The van der Waals surface area contributed by atoms with Gasteiger partial charge in [0.25, 0.3) is 0 Å². The van der Waals surface area contributed by atoms with Crippen molar-refractivity contribution in [1.82, 2.24) is 18.8 Å². The van der Waals surface area contributed by atoms with Gasteiger partial charge in [0.2, 0.25) is 0 Å². The molecule has 0 saturated carbocycles. The Kier molecular flexibility index (Phi) is 8.11. The molecule has 6 aromatic rings. The number of pyridine rings is 2. The van der Waals surface area contributed by atoms with Crippen LogP contribution >= 0.6 is 0 Å². The van der Waals surface area contributed by atoms with Gasteiger partial charge in [-0.15, -0.1) is 0 Å². The Morgan fingerprint density at radius 2 is 1.11 bits per heavy atom. The predicted octanol–water partition coefficient (Wildman–Crippen LogP) is 8.06. The van der Waals surface area contributed by atoms with Gasteiger partial charge in [0.1, 0.15) is 5.75 Å². The molecule has 5 nitrogen and oxygen atoms in total. The van der Waals surface area contributed by atoms with E-state index >= 15 is 0 Å². The Morgan fingerprint density at radius 3 is 1.66 bits per heavy atom. The molecule has 0 amide bonds. The Bertz CT molecular complexity index is 1640. The number of halogens is 3. The Morgan fingerprint density at radius 1 is 0.632 bits per heavy atom. The molecule has 0 N–H and O–H groups in total. The van der Waals surface area contributed by atoms with Gasteiger partial charge in [0.05, 0.1) is 48.8 Å². The van der Waals surface area contributed by atoms with Crippen molar-refractivity contribution >= 4 is 11.0 Å². The number of para-hydroxylation sites is 1. The number of ether oxygens (including phenoxy) is 1. The van der Waals surface area contributed by atoms with Gasteiger partial charge in [-0.2, -0.15) is 13.2 Å². The van der Waals surface area contributed by atoms with E-state index in [1.165, 1.54) is 12.1 Å². The summed E-state index contributed by atoms with van der Waals surface area (Å²) in [5.41, 5.74) is 4.00. The van der Waals surface area contributed by atoms with Crippen molar-refractivity contribution in [1.29, 1.82) is 0 Å². The molecular formula is C30H27F3N4O. The Balaban J connectivity index is 0.000000167. The first-order valence-corrected chi connectivity index (χ1v) is 12.1. The van der Waals surface area contributed by atoms with Gasteiger partial charge in [-0.3, -0.25) is 0 Å². The van der Waals surface area contributed by atoms with Crippen LogP contribution < -0.4 is 4.74 Å². The lowest BCUT2D eigenvalue weighted by Crippen LogP contribution is -2.07. The molecule has 0 aliphatic carbocycles. The third kappa shape index (κ3) is 5.39. The van der Waals surface area contributed by atoms with E-state index < -0.39 is 11.7 Å². The van der Waals surface area contributed by atoms with E-state index in [1.807, 2.05) is 54.9 Å². The van der Waals surface area contributed by atoms with Gasteiger partial charge in [0, 0.05) is 29.1 Å². The van der Waals surface area contributed by atoms with E-state index in [1.54, 1.807) is 54.8 Å². The fourth-order valence-corrected chi connectivity index (χ4v) is 4.19. The SMILES string of the molecule is CC.COc1ccccc1-c1cccn2cncc12.FC(F)(F)c1ccccc1-c1cccn2cncc12. The number of aromatic nitrogens is 4. The first-order chi connectivity index (χ1) is 18.5. The molecule has 0 aliphatic rings. The third-order valence-corrected chi connectivity index (χ3v) is 5.82. The second kappa shape index (κ2) is 11.6. The molecule has 194 valence electrons. The molecule has 2 aromatic carbocycles. The molecule has 4 aromatic heterocycles. The number of benzene rings is 2. The molecule has 4 heterocycles. The van der Waals surface area contributed by atoms with E-state index in [-0.39, 0.29) is 5.56 Å². The molecule has 0 radical (unpaired) electrons. The quantitative estimate of drug-likeness (QED) is 0.239. The first kappa shape index (κ1) is 26.5. The maximum atomic E-state index is 13.0. The van der Waals surface area contributed by atoms with E-state index in [4.69, 9.17) is 4.74 Å². The highest BCUT2D eigenvalue weighted by molar-refractivity contribution is 5.83. The van der Waals surface area contributed by atoms with Crippen LogP contribution in [-0.2, 0) is 6.18 Å². The highest BCUT2D eigenvalue weighted by atomic mass is 19.4. The summed E-state index contributed by atoms with van der Waals surface area (Å²) >= 11 is 0. The summed E-state index contributed by atoms with van der Waals surface area (Å²) < 4.78 is 48.2. The second-order valence-electron chi connectivity index (χ2n) is 7.96. The van der Waals surface area contributed by atoms with Crippen LogP contribution in [0.15, 0.2) is 110 Å². The van der Waals surface area contributed by atoms with Crippen LogP contribution in [-0.4, -0.2) is 25.9 Å². The summed E-state index contributed by atoms with van der Waals surface area (Å²) in [7, 11) is 1.69. The molecule has 0 fully saturated rings. The highest BCUT2D eigenvalue weighted by Crippen LogP contribution is 2.38. The first-order valence-electron chi connectivity index (χ1n) is 12.1. The van der Waals surface area contributed by atoms with Gasteiger partial charge in [-0.05, 0) is 29.8 Å². The van der Waals surface area contributed by atoms with E-state index in [2.05, 4.69) is 22.1 Å². The van der Waals surface area contributed by atoms with Crippen LogP contribution in [0.4, 0.5) is 13.2 Å². The third-order valence-electron chi connectivity index (χ3n) is 5.82. The maximum absolute atomic E-state index is 13.0. The fraction of sp³-hybridized carbons (Fsp3) is 0.133. The molecule has 0 aliphatic heterocycles. The normalized spacial score (nSPS) is 10.9. The van der Waals surface area contributed by atoms with Gasteiger partial charge >= 0.3 is 6.18 Å². The predicted molar refractivity (Wildman–Crippen MR) is 144 cm³/mol. The zero-order valence-corrected chi connectivity index (χ0v) is 21.2. The molecule has 6 rings (SSSR count). The number of rotatable bonds is 3. The molecule has 0 saturated heterocycles. The van der Waals surface area contributed by atoms with Gasteiger partial charge in [0.15, 0.2) is 0 Å². The number of nitrogens with zero attached hydrogens (tertiary/aromatic N) is 4. The number of hydrogen-bond donors (Lipinski definition) is 0. The molecule has 0 spiro atoms.